The van der Waals surface area contributed by atoms with Gasteiger partial charge in [0.25, 0.3) is 0 Å². The summed E-state index contributed by atoms with van der Waals surface area (Å²) in [6.07, 6.45) is 5.74. The van der Waals surface area contributed by atoms with Gasteiger partial charge in [-0.1, -0.05) is 0 Å². The van der Waals surface area contributed by atoms with Crippen molar-refractivity contribution in [3.8, 4) is 0 Å². The third-order valence-corrected chi connectivity index (χ3v) is 2.51. The van der Waals surface area contributed by atoms with E-state index in [0.717, 1.165) is 0 Å². The molecule has 0 bridgehead atoms. The first-order valence-corrected chi connectivity index (χ1v) is 4.92. The van der Waals surface area contributed by atoms with Gasteiger partial charge in [0.15, 0.2) is 0 Å². The van der Waals surface area contributed by atoms with Crippen LogP contribution in [0.3, 0.4) is 0 Å². The van der Waals surface area contributed by atoms with E-state index in [1.807, 2.05) is 0 Å². The van der Waals surface area contributed by atoms with E-state index in [9.17, 15) is 15.0 Å². The van der Waals surface area contributed by atoms with Gasteiger partial charge < -0.3 is 10.2 Å². The number of aromatic nitrogens is 2. The largest absolute Gasteiger partial charge is 0.479 e. The molecule has 0 spiro atoms. The molecule has 2 aromatic rings. The van der Waals surface area contributed by atoms with Gasteiger partial charge in [0.2, 0.25) is 5.60 Å². The third kappa shape index (κ3) is 1.88. The molecule has 0 saturated carbocycles. The molecule has 0 fully saturated rings. The fraction of sp³-hybridized carbons (Fsp3) is 0.0833. The van der Waals surface area contributed by atoms with Crippen LogP contribution in [0.1, 0.15) is 11.1 Å². The van der Waals surface area contributed by atoms with Crippen molar-refractivity contribution >= 4 is 5.97 Å². The number of aliphatic hydroxyl groups is 1. The van der Waals surface area contributed by atoms with Gasteiger partial charge in [-0.15, -0.1) is 0 Å². The molecule has 2 N–H and O–H groups in total. The van der Waals surface area contributed by atoms with Gasteiger partial charge >= 0.3 is 5.97 Å². The van der Waals surface area contributed by atoms with Crippen molar-refractivity contribution in [2.75, 3.05) is 0 Å². The van der Waals surface area contributed by atoms with Gasteiger partial charge in [-0.3, -0.25) is 9.97 Å². The molecule has 0 aliphatic rings. The number of pyridine rings is 2. The van der Waals surface area contributed by atoms with E-state index in [0.29, 0.717) is 0 Å². The number of aliphatic carboxylic acids is 1. The first kappa shape index (κ1) is 11.2. The zero-order valence-electron chi connectivity index (χ0n) is 8.82. The summed E-state index contributed by atoms with van der Waals surface area (Å²) in [5.74, 6) is -1.34. The minimum atomic E-state index is -2.08. The zero-order valence-corrected chi connectivity index (χ0v) is 8.82. The minimum absolute atomic E-state index is 0.256. The van der Waals surface area contributed by atoms with Gasteiger partial charge in [-0.2, -0.15) is 0 Å². The molecule has 2 aromatic heterocycles. The van der Waals surface area contributed by atoms with Crippen LogP contribution in [-0.4, -0.2) is 26.2 Å². The topological polar surface area (TPSA) is 83.3 Å². The number of hydrogen-bond acceptors (Lipinski definition) is 4. The molecule has 5 heteroatoms. The normalized spacial score (nSPS) is 11.1. The van der Waals surface area contributed by atoms with E-state index in [2.05, 4.69) is 9.97 Å². The minimum Gasteiger partial charge on any atom is -0.479 e. The highest BCUT2D eigenvalue weighted by Gasteiger charge is 2.39. The maximum atomic E-state index is 11.3. The van der Waals surface area contributed by atoms with Crippen LogP contribution >= 0.6 is 0 Å². The summed E-state index contributed by atoms with van der Waals surface area (Å²) in [5.41, 5.74) is -1.57. The molecule has 0 aromatic carbocycles. The van der Waals surface area contributed by atoms with E-state index < -0.39 is 11.6 Å². The van der Waals surface area contributed by atoms with E-state index >= 15 is 0 Å². The summed E-state index contributed by atoms with van der Waals surface area (Å²) in [5, 5.41) is 19.6. The van der Waals surface area contributed by atoms with E-state index in [1.54, 1.807) is 0 Å². The Kier molecular flexibility index (Phi) is 2.84. The van der Waals surface area contributed by atoms with Crippen LogP contribution in [0, 0.1) is 0 Å². The lowest BCUT2D eigenvalue weighted by Crippen LogP contribution is -2.36. The highest BCUT2D eigenvalue weighted by atomic mass is 16.4. The molecule has 0 radical (unpaired) electrons. The monoisotopic (exact) mass is 230 g/mol. The molecule has 0 amide bonds. The number of hydrogen-bond donors (Lipinski definition) is 2. The van der Waals surface area contributed by atoms with E-state index in [1.165, 1.54) is 49.1 Å². The van der Waals surface area contributed by atoms with Crippen LogP contribution in [0.25, 0.3) is 0 Å². The zero-order chi connectivity index (χ0) is 12.3. The summed E-state index contributed by atoms with van der Waals surface area (Å²) >= 11 is 0. The molecule has 0 unspecified atom stereocenters. The summed E-state index contributed by atoms with van der Waals surface area (Å²) in [7, 11) is 0. The summed E-state index contributed by atoms with van der Waals surface area (Å²) in [6.45, 7) is 0. The number of carbonyl (C=O) groups is 1. The Morgan fingerprint density at radius 2 is 1.29 bits per heavy atom. The van der Waals surface area contributed by atoms with Crippen molar-refractivity contribution in [3.05, 3.63) is 60.2 Å². The second-order valence-corrected chi connectivity index (χ2v) is 3.49. The predicted octanol–water partition coefficient (Wildman–Crippen LogP) is 0.797. The van der Waals surface area contributed by atoms with Gasteiger partial charge in [-0.25, -0.2) is 4.79 Å². The van der Waals surface area contributed by atoms with Crippen LogP contribution in [0.4, 0.5) is 0 Å². The molecule has 17 heavy (non-hydrogen) atoms. The van der Waals surface area contributed by atoms with Crippen molar-refractivity contribution in [1.82, 2.24) is 9.97 Å². The van der Waals surface area contributed by atoms with Crippen molar-refractivity contribution in [2.24, 2.45) is 0 Å². The van der Waals surface area contributed by atoms with Crippen LogP contribution < -0.4 is 0 Å². The van der Waals surface area contributed by atoms with Crippen LogP contribution in [0.2, 0.25) is 0 Å². The number of carboxylic acid groups (broad SMARTS) is 1. The highest BCUT2D eigenvalue weighted by Crippen LogP contribution is 2.28. The molecule has 0 saturated heterocycles. The molecule has 86 valence electrons. The fourth-order valence-electron chi connectivity index (χ4n) is 1.60. The Hall–Kier alpha value is -2.27. The van der Waals surface area contributed by atoms with Crippen molar-refractivity contribution < 1.29 is 15.0 Å². The van der Waals surface area contributed by atoms with E-state index in [-0.39, 0.29) is 11.1 Å². The molecule has 0 aliphatic heterocycles. The predicted molar refractivity (Wildman–Crippen MR) is 59.1 cm³/mol. The molecule has 0 aliphatic carbocycles. The Morgan fingerprint density at radius 1 is 0.941 bits per heavy atom. The number of nitrogens with zero attached hydrogens (tertiary/aromatic N) is 2. The second kappa shape index (κ2) is 4.31. The van der Waals surface area contributed by atoms with Gasteiger partial charge in [0.05, 0.1) is 0 Å². The highest BCUT2D eigenvalue weighted by molar-refractivity contribution is 5.83. The van der Waals surface area contributed by atoms with Crippen LogP contribution in [-0.2, 0) is 10.4 Å². The van der Waals surface area contributed by atoms with Gasteiger partial charge in [0, 0.05) is 35.9 Å². The molecular formula is C12H10N2O3. The van der Waals surface area contributed by atoms with Gasteiger partial charge in [-0.05, 0) is 24.3 Å². The Labute approximate surface area is 97.4 Å². The maximum Gasteiger partial charge on any atom is 0.345 e. The Morgan fingerprint density at radius 3 is 1.59 bits per heavy atom. The second-order valence-electron chi connectivity index (χ2n) is 3.49. The Balaban J connectivity index is 2.59. The lowest BCUT2D eigenvalue weighted by atomic mass is 9.88. The molecule has 5 nitrogen and oxygen atoms in total. The maximum absolute atomic E-state index is 11.3. The first-order chi connectivity index (χ1) is 8.15. The van der Waals surface area contributed by atoms with Crippen LogP contribution in [0.5, 0.6) is 0 Å². The van der Waals surface area contributed by atoms with Gasteiger partial charge in [0.1, 0.15) is 0 Å². The number of carboxylic acids is 1. The van der Waals surface area contributed by atoms with E-state index in [4.69, 9.17) is 0 Å². The standard InChI is InChI=1S/C12H10N2O3/c15-11(16)12(17,9-1-5-13-6-2-9)10-3-7-14-8-4-10/h1-8,17H,(H,15,16). The quantitative estimate of drug-likeness (QED) is 0.814. The summed E-state index contributed by atoms with van der Waals surface area (Å²) in [6, 6.07) is 5.87. The molecule has 2 rings (SSSR count). The van der Waals surface area contributed by atoms with Crippen LogP contribution in [0.15, 0.2) is 49.1 Å². The molecule has 0 atom stereocenters. The Bertz CT molecular complexity index is 474. The molecule has 2 heterocycles. The fourth-order valence-corrected chi connectivity index (χ4v) is 1.60. The average Bonchev–Trinajstić information content (AvgIpc) is 2.39. The first-order valence-electron chi connectivity index (χ1n) is 4.92. The van der Waals surface area contributed by atoms with Crippen molar-refractivity contribution in [2.45, 2.75) is 5.60 Å². The lowest BCUT2D eigenvalue weighted by molar-refractivity contribution is -0.155. The SMILES string of the molecule is O=C(O)C(O)(c1ccncc1)c1ccncc1. The summed E-state index contributed by atoms with van der Waals surface area (Å²) < 4.78 is 0. The average molecular weight is 230 g/mol. The lowest BCUT2D eigenvalue weighted by Gasteiger charge is -2.23. The summed E-state index contributed by atoms with van der Waals surface area (Å²) in [4.78, 5) is 18.9. The van der Waals surface area contributed by atoms with Crippen molar-refractivity contribution in [1.29, 1.82) is 0 Å². The molecular weight excluding hydrogens is 220 g/mol. The smallest absolute Gasteiger partial charge is 0.345 e. The van der Waals surface area contributed by atoms with Crippen molar-refractivity contribution in [3.63, 3.8) is 0 Å². The number of rotatable bonds is 3. The third-order valence-electron chi connectivity index (χ3n) is 2.51.